The van der Waals surface area contributed by atoms with Crippen LogP contribution in [0.2, 0.25) is 5.02 Å². The second kappa shape index (κ2) is 8.65. The highest BCUT2D eigenvalue weighted by Crippen LogP contribution is 2.26. The van der Waals surface area contributed by atoms with Gasteiger partial charge in [-0.3, -0.25) is 14.3 Å². The van der Waals surface area contributed by atoms with Crippen molar-refractivity contribution in [3.05, 3.63) is 58.1 Å². The number of carbonyl (C=O) groups excluding carboxylic acids is 2. The lowest BCUT2D eigenvalue weighted by atomic mass is 9.96. The molecule has 0 radical (unpaired) electrons. The molecular weight excluding hydrogens is 426 g/mol. The number of halogens is 1. The molecule has 0 atom stereocenters. The molecule has 9 heteroatoms. The number of amides is 2. The number of nitrogens with two attached hydrogens (primary N) is 1. The minimum atomic E-state index is -3.91. The number of carbonyl (C=O) groups is 2. The van der Waals surface area contributed by atoms with Gasteiger partial charge in [-0.25, -0.2) is 8.42 Å². The average Bonchev–Trinajstić information content (AvgIpc) is 2.70. The van der Waals surface area contributed by atoms with E-state index in [1.807, 2.05) is 19.9 Å². The number of benzene rings is 2. The molecule has 0 aliphatic carbocycles. The van der Waals surface area contributed by atoms with E-state index in [2.05, 4.69) is 4.72 Å². The molecule has 0 spiro atoms. The quantitative estimate of drug-likeness (QED) is 0.730. The van der Waals surface area contributed by atoms with Crippen LogP contribution in [0.1, 0.15) is 34.3 Å². The molecule has 0 bridgehead atoms. The summed E-state index contributed by atoms with van der Waals surface area (Å²) in [6, 6.07) is 9.32. The van der Waals surface area contributed by atoms with Crippen molar-refractivity contribution in [2.24, 2.45) is 11.7 Å². The number of hydrogen-bond acceptors (Lipinski definition) is 4. The third-order valence-electron chi connectivity index (χ3n) is 5.42. The summed E-state index contributed by atoms with van der Waals surface area (Å²) >= 11 is 6.20. The van der Waals surface area contributed by atoms with E-state index in [-0.39, 0.29) is 33.2 Å². The van der Waals surface area contributed by atoms with E-state index in [4.69, 9.17) is 17.3 Å². The Morgan fingerprint density at radius 3 is 2.33 bits per heavy atom. The van der Waals surface area contributed by atoms with Gasteiger partial charge < -0.3 is 10.6 Å². The molecular formula is C21H24ClN3O4S. The fourth-order valence-corrected chi connectivity index (χ4v) is 4.67. The van der Waals surface area contributed by atoms with Crippen molar-refractivity contribution in [2.75, 3.05) is 17.8 Å². The van der Waals surface area contributed by atoms with Crippen LogP contribution >= 0.6 is 11.6 Å². The van der Waals surface area contributed by atoms with Gasteiger partial charge in [-0.1, -0.05) is 17.7 Å². The van der Waals surface area contributed by atoms with E-state index in [9.17, 15) is 18.0 Å². The number of aryl methyl sites for hydroxylation is 2. The van der Waals surface area contributed by atoms with Gasteiger partial charge in [0.15, 0.2) is 0 Å². The van der Waals surface area contributed by atoms with E-state index >= 15 is 0 Å². The summed E-state index contributed by atoms with van der Waals surface area (Å²) in [7, 11) is -3.91. The Labute approximate surface area is 181 Å². The lowest BCUT2D eigenvalue weighted by Gasteiger charge is -2.30. The van der Waals surface area contributed by atoms with Gasteiger partial charge in [0.1, 0.15) is 0 Å². The topological polar surface area (TPSA) is 110 Å². The lowest BCUT2D eigenvalue weighted by Crippen LogP contribution is -2.41. The number of likely N-dealkylation sites (tertiary alicyclic amines) is 1. The summed E-state index contributed by atoms with van der Waals surface area (Å²) in [5, 5.41) is 0.169. The summed E-state index contributed by atoms with van der Waals surface area (Å²) in [6.07, 6.45) is 0.954. The first-order valence-corrected chi connectivity index (χ1v) is 11.4. The maximum Gasteiger partial charge on any atom is 0.261 e. The van der Waals surface area contributed by atoms with Gasteiger partial charge in [0.05, 0.1) is 15.5 Å². The largest absolute Gasteiger partial charge is 0.369 e. The van der Waals surface area contributed by atoms with Gasteiger partial charge in [0, 0.05) is 24.7 Å². The molecule has 160 valence electrons. The predicted molar refractivity (Wildman–Crippen MR) is 116 cm³/mol. The van der Waals surface area contributed by atoms with Crippen LogP contribution in [0.3, 0.4) is 0 Å². The predicted octanol–water partition coefficient (Wildman–Crippen LogP) is 3.10. The summed E-state index contributed by atoms with van der Waals surface area (Å²) in [6.45, 7) is 4.56. The van der Waals surface area contributed by atoms with E-state index in [0.29, 0.717) is 31.6 Å². The highest BCUT2D eigenvalue weighted by Gasteiger charge is 2.28. The van der Waals surface area contributed by atoms with Crippen LogP contribution in [0.5, 0.6) is 0 Å². The van der Waals surface area contributed by atoms with Crippen LogP contribution < -0.4 is 10.5 Å². The summed E-state index contributed by atoms with van der Waals surface area (Å²) in [5.41, 5.74) is 7.90. The first kappa shape index (κ1) is 22.1. The average molecular weight is 450 g/mol. The molecule has 3 N–H and O–H groups in total. The van der Waals surface area contributed by atoms with Crippen LogP contribution in [0.4, 0.5) is 5.69 Å². The summed E-state index contributed by atoms with van der Waals surface area (Å²) in [5.74, 6) is -0.991. The van der Waals surface area contributed by atoms with Gasteiger partial charge in [-0.2, -0.15) is 0 Å². The molecule has 2 aromatic carbocycles. The molecule has 0 saturated carbocycles. The van der Waals surface area contributed by atoms with Crippen molar-refractivity contribution >= 4 is 39.1 Å². The second-order valence-electron chi connectivity index (χ2n) is 7.52. The number of anilines is 1. The van der Waals surface area contributed by atoms with Crippen molar-refractivity contribution in [3.63, 3.8) is 0 Å². The lowest BCUT2D eigenvalue weighted by molar-refractivity contribution is -0.123. The van der Waals surface area contributed by atoms with E-state index < -0.39 is 10.0 Å². The molecule has 3 rings (SSSR count). The Kier molecular flexibility index (Phi) is 6.38. The highest BCUT2D eigenvalue weighted by atomic mass is 35.5. The second-order valence-corrected chi connectivity index (χ2v) is 9.60. The van der Waals surface area contributed by atoms with Gasteiger partial charge >= 0.3 is 0 Å². The van der Waals surface area contributed by atoms with Crippen molar-refractivity contribution in [1.82, 2.24) is 4.90 Å². The molecule has 0 aromatic heterocycles. The van der Waals surface area contributed by atoms with Crippen molar-refractivity contribution < 1.29 is 18.0 Å². The minimum Gasteiger partial charge on any atom is -0.369 e. The van der Waals surface area contributed by atoms with Crippen LogP contribution in [0.15, 0.2) is 41.3 Å². The zero-order valence-corrected chi connectivity index (χ0v) is 18.4. The maximum atomic E-state index is 12.9. The molecule has 1 aliphatic heterocycles. The molecule has 30 heavy (non-hydrogen) atoms. The first-order chi connectivity index (χ1) is 14.1. The van der Waals surface area contributed by atoms with Gasteiger partial charge in [0.2, 0.25) is 5.91 Å². The van der Waals surface area contributed by atoms with Crippen molar-refractivity contribution in [1.29, 1.82) is 0 Å². The SMILES string of the molecule is Cc1ccc(NS(=O)(=O)c2ccc(Cl)c(C(=O)N3CCC(C(N)=O)CC3)c2)cc1C. The Balaban J connectivity index is 1.82. The molecule has 1 saturated heterocycles. The minimum absolute atomic E-state index is 0.0551. The molecule has 2 aromatic rings. The number of hydrogen-bond donors (Lipinski definition) is 2. The standard InChI is InChI=1S/C21H24ClN3O4S/c1-13-3-4-16(11-14(13)2)24-30(28,29)17-5-6-19(22)18(12-17)21(27)25-9-7-15(8-10-25)20(23)26/h3-6,11-12,15,24H,7-10H2,1-2H3,(H2,23,26). The monoisotopic (exact) mass is 449 g/mol. The Bertz CT molecular complexity index is 1090. The molecule has 2 amide bonds. The zero-order valence-electron chi connectivity index (χ0n) is 16.8. The number of nitrogens with one attached hydrogen (secondary N) is 1. The van der Waals surface area contributed by atoms with E-state index in [1.165, 1.54) is 18.2 Å². The molecule has 1 heterocycles. The maximum absolute atomic E-state index is 12.9. The van der Waals surface area contributed by atoms with Crippen LogP contribution in [-0.4, -0.2) is 38.2 Å². The fraction of sp³-hybridized carbons (Fsp3) is 0.333. The Hall–Kier alpha value is -2.58. The zero-order chi connectivity index (χ0) is 22.1. The Morgan fingerprint density at radius 2 is 1.73 bits per heavy atom. The van der Waals surface area contributed by atoms with Crippen LogP contribution in [-0.2, 0) is 14.8 Å². The van der Waals surface area contributed by atoms with Crippen LogP contribution in [0, 0.1) is 19.8 Å². The van der Waals surface area contributed by atoms with Gasteiger partial charge in [-0.05, 0) is 68.1 Å². The third kappa shape index (κ3) is 4.76. The number of piperidine rings is 1. The van der Waals surface area contributed by atoms with Gasteiger partial charge in [0.25, 0.3) is 15.9 Å². The number of primary amides is 1. The van der Waals surface area contributed by atoms with Crippen LogP contribution in [0.25, 0.3) is 0 Å². The summed E-state index contributed by atoms with van der Waals surface area (Å²) in [4.78, 5) is 25.8. The smallest absolute Gasteiger partial charge is 0.261 e. The first-order valence-electron chi connectivity index (χ1n) is 9.56. The fourth-order valence-electron chi connectivity index (χ4n) is 3.39. The van der Waals surface area contributed by atoms with E-state index in [1.54, 1.807) is 17.0 Å². The highest BCUT2D eigenvalue weighted by molar-refractivity contribution is 7.92. The Morgan fingerprint density at radius 1 is 1.07 bits per heavy atom. The number of sulfonamides is 1. The van der Waals surface area contributed by atoms with Crippen molar-refractivity contribution in [3.8, 4) is 0 Å². The molecule has 1 aliphatic rings. The third-order valence-corrected chi connectivity index (χ3v) is 7.13. The molecule has 0 unspecified atom stereocenters. The number of nitrogens with zero attached hydrogens (tertiary/aromatic N) is 1. The molecule has 1 fully saturated rings. The normalized spacial score (nSPS) is 15.1. The number of rotatable bonds is 5. The van der Waals surface area contributed by atoms with Crippen molar-refractivity contribution in [2.45, 2.75) is 31.6 Å². The molecule has 7 nitrogen and oxygen atoms in total. The summed E-state index contributed by atoms with van der Waals surface area (Å²) < 4.78 is 28.2. The van der Waals surface area contributed by atoms with Gasteiger partial charge in [-0.15, -0.1) is 0 Å². The van der Waals surface area contributed by atoms with E-state index in [0.717, 1.165) is 11.1 Å².